The fourth-order valence-electron chi connectivity index (χ4n) is 2.27. The van der Waals surface area contributed by atoms with Crippen molar-refractivity contribution in [3.05, 3.63) is 29.8 Å². The van der Waals surface area contributed by atoms with E-state index in [2.05, 4.69) is 11.9 Å². The molecule has 3 N–H and O–H groups in total. The van der Waals surface area contributed by atoms with Crippen molar-refractivity contribution in [3.8, 4) is 5.75 Å². The van der Waals surface area contributed by atoms with Crippen LogP contribution in [0.15, 0.2) is 24.3 Å². The molecular formula is C13H20N2O. The number of rotatable bonds is 5. The Morgan fingerprint density at radius 1 is 1.50 bits per heavy atom. The highest BCUT2D eigenvalue weighted by Crippen LogP contribution is 2.34. The van der Waals surface area contributed by atoms with Crippen molar-refractivity contribution in [3.63, 3.8) is 0 Å². The minimum atomic E-state index is 0.335. The molecule has 1 aliphatic carbocycles. The van der Waals surface area contributed by atoms with Gasteiger partial charge in [0.05, 0.1) is 0 Å². The predicted molar refractivity (Wildman–Crippen MR) is 65.1 cm³/mol. The van der Waals surface area contributed by atoms with Crippen LogP contribution in [0.3, 0.4) is 0 Å². The normalized spacial score (nSPS) is 17.7. The number of hydrogen-bond acceptors (Lipinski definition) is 3. The second-order valence-electron chi connectivity index (χ2n) is 4.73. The van der Waals surface area contributed by atoms with Gasteiger partial charge in [-0.3, -0.25) is 4.90 Å². The topological polar surface area (TPSA) is 49.5 Å². The van der Waals surface area contributed by atoms with Crippen LogP contribution >= 0.6 is 0 Å². The van der Waals surface area contributed by atoms with Crippen LogP contribution in [0.5, 0.6) is 5.75 Å². The molecule has 3 heteroatoms. The first-order valence-electron chi connectivity index (χ1n) is 5.89. The maximum absolute atomic E-state index is 9.40. The summed E-state index contributed by atoms with van der Waals surface area (Å²) in [5.41, 5.74) is 6.95. The van der Waals surface area contributed by atoms with Crippen LogP contribution in [-0.2, 0) is 6.54 Å². The van der Waals surface area contributed by atoms with E-state index in [1.165, 1.54) is 12.8 Å². The highest BCUT2D eigenvalue weighted by atomic mass is 16.3. The van der Waals surface area contributed by atoms with Gasteiger partial charge in [0.2, 0.25) is 0 Å². The largest absolute Gasteiger partial charge is 0.508 e. The summed E-state index contributed by atoms with van der Waals surface area (Å²) in [6.07, 6.45) is 2.62. The van der Waals surface area contributed by atoms with Crippen LogP contribution in [0.1, 0.15) is 18.4 Å². The number of nitrogens with zero attached hydrogens (tertiary/aromatic N) is 1. The van der Waals surface area contributed by atoms with Crippen molar-refractivity contribution in [1.29, 1.82) is 0 Å². The maximum atomic E-state index is 9.40. The molecule has 1 fully saturated rings. The zero-order valence-electron chi connectivity index (χ0n) is 9.76. The van der Waals surface area contributed by atoms with E-state index in [1.807, 2.05) is 18.2 Å². The van der Waals surface area contributed by atoms with Crippen molar-refractivity contribution < 1.29 is 5.11 Å². The summed E-state index contributed by atoms with van der Waals surface area (Å²) in [7, 11) is 2.11. The monoisotopic (exact) mass is 220 g/mol. The molecule has 0 heterocycles. The quantitative estimate of drug-likeness (QED) is 0.791. The van der Waals surface area contributed by atoms with E-state index in [0.29, 0.717) is 11.8 Å². The minimum Gasteiger partial charge on any atom is -0.508 e. The van der Waals surface area contributed by atoms with Crippen molar-refractivity contribution in [2.45, 2.75) is 25.4 Å². The first-order chi connectivity index (χ1) is 7.70. The lowest BCUT2D eigenvalue weighted by atomic mass is 10.1. The molecule has 1 atom stereocenters. The van der Waals surface area contributed by atoms with Crippen LogP contribution < -0.4 is 5.73 Å². The van der Waals surface area contributed by atoms with E-state index in [1.54, 1.807) is 6.07 Å². The minimum absolute atomic E-state index is 0.335. The Bertz CT molecular complexity index is 350. The number of phenols is 1. The van der Waals surface area contributed by atoms with Crippen LogP contribution in [-0.4, -0.2) is 29.6 Å². The summed E-state index contributed by atoms with van der Waals surface area (Å²) in [6, 6.07) is 7.92. The average Bonchev–Trinajstić information content (AvgIpc) is 3.03. The lowest BCUT2D eigenvalue weighted by Crippen LogP contribution is -2.39. The molecule has 0 radical (unpaired) electrons. The van der Waals surface area contributed by atoms with Crippen LogP contribution in [0.4, 0.5) is 0 Å². The molecule has 3 nitrogen and oxygen atoms in total. The molecule has 0 bridgehead atoms. The standard InChI is InChI=1S/C13H20N2O/c1-15(13(8-14)11-5-6-11)9-10-3-2-4-12(16)7-10/h2-4,7,11,13,16H,5-6,8-9,14H2,1H3. The maximum Gasteiger partial charge on any atom is 0.115 e. The third-order valence-corrected chi connectivity index (χ3v) is 3.32. The zero-order chi connectivity index (χ0) is 11.5. The summed E-state index contributed by atoms with van der Waals surface area (Å²) in [5.74, 6) is 1.12. The molecule has 0 spiro atoms. The highest BCUT2D eigenvalue weighted by Gasteiger charge is 2.32. The number of likely N-dealkylation sites (N-methyl/N-ethyl adjacent to an activating group) is 1. The molecule has 1 aromatic rings. The number of nitrogens with two attached hydrogens (primary N) is 1. The van der Waals surface area contributed by atoms with E-state index < -0.39 is 0 Å². The molecule has 88 valence electrons. The highest BCUT2D eigenvalue weighted by molar-refractivity contribution is 5.27. The van der Waals surface area contributed by atoms with Crippen LogP contribution in [0.2, 0.25) is 0 Å². The van der Waals surface area contributed by atoms with Gasteiger partial charge in [0.15, 0.2) is 0 Å². The Kier molecular flexibility index (Phi) is 3.46. The molecule has 1 saturated carbocycles. The average molecular weight is 220 g/mol. The summed E-state index contributed by atoms with van der Waals surface area (Å²) >= 11 is 0. The third-order valence-electron chi connectivity index (χ3n) is 3.32. The predicted octanol–water partition coefficient (Wildman–Crippen LogP) is 1.56. The van der Waals surface area contributed by atoms with E-state index >= 15 is 0 Å². The fourth-order valence-corrected chi connectivity index (χ4v) is 2.27. The second-order valence-corrected chi connectivity index (χ2v) is 4.73. The van der Waals surface area contributed by atoms with Gasteiger partial charge in [-0.1, -0.05) is 12.1 Å². The molecule has 0 saturated heterocycles. The Labute approximate surface area is 96.9 Å². The number of aromatic hydroxyl groups is 1. The molecule has 2 rings (SSSR count). The smallest absolute Gasteiger partial charge is 0.115 e. The number of phenolic OH excluding ortho intramolecular Hbond substituents is 1. The van der Waals surface area contributed by atoms with Gasteiger partial charge in [0.25, 0.3) is 0 Å². The van der Waals surface area contributed by atoms with Gasteiger partial charge in [0, 0.05) is 19.1 Å². The third kappa shape index (κ3) is 2.74. The van der Waals surface area contributed by atoms with Crippen LogP contribution in [0.25, 0.3) is 0 Å². The molecule has 1 aromatic carbocycles. The van der Waals surface area contributed by atoms with Gasteiger partial charge in [-0.2, -0.15) is 0 Å². The van der Waals surface area contributed by atoms with Crippen LogP contribution in [0, 0.1) is 5.92 Å². The Morgan fingerprint density at radius 3 is 2.81 bits per heavy atom. The second kappa shape index (κ2) is 4.85. The van der Waals surface area contributed by atoms with Gasteiger partial charge < -0.3 is 10.8 Å². The molecule has 16 heavy (non-hydrogen) atoms. The summed E-state index contributed by atoms with van der Waals surface area (Å²) in [5, 5.41) is 9.40. The summed E-state index contributed by atoms with van der Waals surface area (Å²) in [6.45, 7) is 1.58. The molecule has 0 aliphatic heterocycles. The number of hydrogen-bond donors (Lipinski definition) is 2. The number of benzene rings is 1. The first-order valence-corrected chi connectivity index (χ1v) is 5.89. The molecule has 0 aromatic heterocycles. The molecule has 0 amide bonds. The first kappa shape index (κ1) is 11.4. The van der Waals surface area contributed by atoms with Gasteiger partial charge in [-0.25, -0.2) is 0 Å². The van der Waals surface area contributed by atoms with Gasteiger partial charge in [-0.05, 0) is 43.5 Å². The Morgan fingerprint density at radius 2 is 2.25 bits per heavy atom. The zero-order valence-corrected chi connectivity index (χ0v) is 9.76. The Hall–Kier alpha value is -1.06. The van der Waals surface area contributed by atoms with Gasteiger partial charge in [-0.15, -0.1) is 0 Å². The van der Waals surface area contributed by atoms with Gasteiger partial charge >= 0.3 is 0 Å². The van der Waals surface area contributed by atoms with Crippen molar-refractivity contribution in [2.75, 3.05) is 13.6 Å². The lowest BCUT2D eigenvalue weighted by molar-refractivity contribution is 0.215. The van der Waals surface area contributed by atoms with Crippen molar-refractivity contribution >= 4 is 0 Å². The van der Waals surface area contributed by atoms with Crippen molar-refractivity contribution in [1.82, 2.24) is 4.90 Å². The van der Waals surface area contributed by atoms with E-state index in [0.717, 1.165) is 24.6 Å². The molecule has 1 unspecified atom stereocenters. The Balaban J connectivity index is 1.97. The molecule has 1 aliphatic rings. The fraction of sp³-hybridized carbons (Fsp3) is 0.538. The molecular weight excluding hydrogens is 200 g/mol. The SMILES string of the molecule is CN(Cc1cccc(O)c1)C(CN)C1CC1. The van der Waals surface area contributed by atoms with E-state index in [9.17, 15) is 5.11 Å². The summed E-state index contributed by atoms with van der Waals surface area (Å²) in [4.78, 5) is 2.30. The van der Waals surface area contributed by atoms with Crippen molar-refractivity contribution in [2.24, 2.45) is 11.7 Å². The van der Waals surface area contributed by atoms with Gasteiger partial charge in [0.1, 0.15) is 5.75 Å². The van der Waals surface area contributed by atoms with E-state index in [4.69, 9.17) is 5.73 Å². The summed E-state index contributed by atoms with van der Waals surface area (Å²) < 4.78 is 0. The van der Waals surface area contributed by atoms with E-state index in [-0.39, 0.29) is 0 Å². The lowest BCUT2D eigenvalue weighted by Gasteiger charge is -2.27.